The van der Waals surface area contributed by atoms with Crippen molar-refractivity contribution in [3.05, 3.63) is 24.3 Å². The summed E-state index contributed by atoms with van der Waals surface area (Å²) in [5.74, 6) is -8.41. The van der Waals surface area contributed by atoms with Gasteiger partial charge in [0.15, 0.2) is 5.25 Å². The van der Waals surface area contributed by atoms with Crippen molar-refractivity contribution in [3.8, 4) is 0 Å². The van der Waals surface area contributed by atoms with Crippen LogP contribution < -0.4 is 0 Å². The molecule has 2 fully saturated rings. The maximum absolute atomic E-state index is 12.6. The molecule has 4 rings (SSSR count). The molecule has 0 aromatic rings. The lowest BCUT2D eigenvalue weighted by atomic mass is 9.82. The first-order chi connectivity index (χ1) is 20.7. The molecule has 1 atom stereocenters. The quantitative estimate of drug-likeness (QED) is 0.147. The molecule has 2 aliphatic carbocycles. The Morgan fingerprint density at radius 2 is 1.05 bits per heavy atom. The van der Waals surface area contributed by atoms with Crippen molar-refractivity contribution in [2.75, 3.05) is 13.1 Å². The lowest BCUT2D eigenvalue weighted by Gasteiger charge is -2.29. The average molecular weight is 637 g/mol. The molecule has 1 N–H and O–H groups in total. The van der Waals surface area contributed by atoms with E-state index in [4.69, 9.17) is 9.47 Å². The monoisotopic (exact) mass is 636 g/mol. The number of carbonyl (C=O) groups excluding carboxylic acids is 8. The van der Waals surface area contributed by atoms with E-state index in [1.165, 1.54) is 24.3 Å². The summed E-state index contributed by atoms with van der Waals surface area (Å²) in [6.07, 6.45) is 6.23. The topological polar surface area (TPSA) is 216 Å². The summed E-state index contributed by atoms with van der Waals surface area (Å²) in [6, 6.07) is 0. The van der Waals surface area contributed by atoms with E-state index < -0.39 is 81.1 Å². The summed E-state index contributed by atoms with van der Waals surface area (Å²) in [5, 5.41) is -2.50. The summed E-state index contributed by atoms with van der Waals surface area (Å²) < 4.78 is 42.7. The normalized spacial score (nSPS) is 26.2. The van der Waals surface area contributed by atoms with Crippen molar-refractivity contribution < 1.29 is 60.8 Å². The van der Waals surface area contributed by atoms with Gasteiger partial charge in [-0.2, -0.15) is 8.42 Å². The Labute approximate surface area is 252 Å². The van der Waals surface area contributed by atoms with E-state index in [-0.39, 0.29) is 50.6 Å². The summed E-state index contributed by atoms with van der Waals surface area (Å²) in [6.45, 7) is 0.374. The number of hydrogen-bond acceptors (Lipinski definition) is 12. The van der Waals surface area contributed by atoms with Gasteiger partial charge in [-0.3, -0.25) is 52.7 Å². The minimum absolute atomic E-state index is 0.0513. The molecule has 44 heavy (non-hydrogen) atoms. The molecule has 4 amide bonds. The molecule has 2 saturated carbocycles. The maximum Gasteiger partial charge on any atom is 0.335 e. The standard InChI is InChI=1S/C28H32N2O13S/c31-21-9-10-22(32)29(21)14-16-1-5-18(6-2-16)26(36)42-25(35)13-20(44(39,40)41)28(38)43-27(37)19-7-3-17(4-8-19)15-30-23(33)11-12-24(30)34/h9-12,16-20H,1-8,13-15H2,(H,39,40,41). The summed E-state index contributed by atoms with van der Waals surface area (Å²) >= 11 is 0. The van der Waals surface area contributed by atoms with E-state index in [0.29, 0.717) is 25.7 Å². The van der Waals surface area contributed by atoms with Crippen molar-refractivity contribution in [3.63, 3.8) is 0 Å². The molecule has 0 aromatic heterocycles. The molecule has 2 aliphatic heterocycles. The minimum Gasteiger partial charge on any atom is -0.393 e. The smallest absolute Gasteiger partial charge is 0.335 e. The Hall–Kier alpha value is -4.05. The third kappa shape index (κ3) is 8.11. The molecule has 1 unspecified atom stereocenters. The van der Waals surface area contributed by atoms with Gasteiger partial charge in [0.2, 0.25) is 0 Å². The average Bonchev–Trinajstić information content (AvgIpc) is 3.46. The van der Waals surface area contributed by atoms with E-state index in [1.807, 2.05) is 0 Å². The Balaban J connectivity index is 1.22. The van der Waals surface area contributed by atoms with E-state index in [9.17, 15) is 51.3 Å². The number of nitrogens with zero attached hydrogens (tertiary/aromatic N) is 2. The maximum atomic E-state index is 12.6. The van der Waals surface area contributed by atoms with E-state index >= 15 is 0 Å². The van der Waals surface area contributed by atoms with Crippen LogP contribution in [0.1, 0.15) is 57.8 Å². The largest absolute Gasteiger partial charge is 0.393 e. The van der Waals surface area contributed by atoms with Crippen LogP contribution in [0, 0.1) is 23.7 Å². The fourth-order valence-corrected chi connectivity index (χ4v) is 6.49. The van der Waals surface area contributed by atoms with Crippen molar-refractivity contribution in [1.82, 2.24) is 9.80 Å². The van der Waals surface area contributed by atoms with Gasteiger partial charge in [-0.05, 0) is 63.2 Å². The van der Waals surface area contributed by atoms with Crippen LogP contribution in [0.25, 0.3) is 0 Å². The zero-order chi connectivity index (χ0) is 32.2. The molecular formula is C28H32N2O13S. The van der Waals surface area contributed by atoms with Crippen LogP contribution >= 0.6 is 0 Å². The fourth-order valence-electron chi connectivity index (χ4n) is 5.85. The van der Waals surface area contributed by atoms with Crippen molar-refractivity contribution in [2.24, 2.45) is 23.7 Å². The van der Waals surface area contributed by atoms with Crippen molar-refractivity contribution in [1.29, 1.82) is 0 Å². The molecule has 0 spiro atoms. The molecule has 0 radical (unpaired) electrons. The second-order valence-electron chi connectivity index (χ2n) is 11.4. The van der Waals surface area contributed by atoms with Crippen LogP contribution in [-0.2, 0) is 57.9 Å². The summed E-state index contributed by atoms with van der Waals surface area (Å²) in [4.78, 5) is 99.2. The third-order valence-electron chi connectivity index (χ3n) is 8.43. The molecule has 15 nitrogen and oxygen atoms in total. The second kappa shape index (κ2) is 13.7. The van der Waals surface area contributed by atoms with Crippen molar-refractivity contribution >= 4 is 57.6 Å². The number of esters is 4. The molecule has 16 heteroatoms. The highest BCUT2D eigenvalue weighted by atomic mass is 32.2. The van der Waals surface area contributed by atoms with Gasteiger partial charge in [0, 0.05) is 37.4 Å². The lowest BCUT2D eigenvalue weighted by Crippen LogP contribution is -2.39. The van der Waals surface area contributed by atoms with E-state index in [1.54, 1.807) is 0 Å². The van der Waals surface area contributed by atoms with Crippen molar-refractivity contribution in [2.45, 2.75) is 63.0 Å². The first kappa shape index (κ1) is 32.9. The van der Waals surface area contributed by atoms with Gasteiger partial charge in [-0.1, -0.05) is 0 Å². The van der Waals surface area contributed by atoms with Crippen LogP contribution in [0.4, 0.5) is 0 Å². The molecule has 0 aromatic carbocycles. The predicted octanol–water partition coefficient (Wildman–Crippen LogP) is 0.235. The zero-order valence-corrected chi connectivity index (χ0v) is 24.4. The lowest BCUT2D eigenvalue weighted by molar-refractivity contribution is -0.168. The van der Waals surface area contributed by atoms with Crippen LogP contribution in [0.2, 0.25) is 0 Å². The minimum atomic E-state index is -5.24. The Bertz CT molecular complexity index is 1380. The zero-order valence-electron chi connectivity index (χ0n) is 23.6. The Morgan fingerprint density at radius 3 is 1.41 bits per heavy atom. The first-order valence-corrected chi connectivity index (χ1v) is 15.8. The summed E-state index contributed by atoms with van der Waals surface area (Å²) in [5.41, 5.74) is 0. The molecular weight excluding hydrogens is 604 g/mol. The van der Waals surface area contributed by atoms with Crippen LogP contribution in [0.5, 0.6) is 0 Å². The Kier molecular flexibility index (Phi) is 10.2. The third-order valence-corrected chi connectivity index (χ3v) is 9.51. The summed E-state index contributed by atoms with van der Waals surface area (Å²) in [7, 11) is -5.24. The van der Waals surface area contributed by atoms with Gasteiger partial charge in [0.05, 0.1) is 18.3 Å². The van der Waals surface area contributed by atoms with E-state index in [0.717, 1.165) is 9.80 Å². The second-order valence-corrected chi connectivity index (χ2v) is 13.0. The SMILES string of the molecule is O=C(CC(C(=O)OC(=O)C1CCC(CN2C(=O)C=CC2=O)CC1)S(=O)(=O)O)OC(=O)C1CCC(CN2C(=O)C=CC2=O)CC1. The highest BCUT2D eigenvalue weighted by molar-refractivity contribution is 7.87. The van der Waals surface area contributed by atoms with Crippen LogP contribution in [0.15, 0.2) is 24.3 Å². The van der Waals surface area contributed by atoms with Crippen LogP contribution in [0.3, 0.4) is 0 Å². The Morgan fingerprint density at radius 1 is 0.682 bits per heavy atom. The highest BCUT2D eigenvalue weighted by Gasteiger charge is 2.40. The van der Waals surface area contributed by atoms with Gasteiger partial charge in [0.25, 0.3) is 33.7 Å². The number of rotatable bonds is 10. The number of hydrogen-bond donors (Lipinski definition) is 1. The van der Waals surface area contributed by atoms with Gasteiger partial charge >= 0.3 is 23.9 Å². The molecule has 0 saturated heterocycles. The number of imide groups is 2. The number of amides is 4. The van der Waals surface area contributed by atoms with Gasteiger partial charge in [0.1, 0.15) is 0 Å². The van der Waals surface area contributed by atoms with E-state index in [2.05, 4.69) is 0 Å². The molecule has 238 valence electrons. The van der Waals surface area contributed by atoms with Gasteiger partial charge < -0.3 is 9.47 Å². The number of carbonyl (C=O) groups is 8. The molecule has 2 heterocycles. The predicted molar refractivity (Wildman–Crippen MR) is 145 cm³/mol. The first-order valence-electron chi connectivity index (χ1n) is 14.3. The fraction of sp³-hybridized carbons (Fsp3) is 0.571. The van der Waals surface area contributed by atoms with Crippen LogP contribution in [-0.4, -0.2) is 88.6 Å². The highest BCUT2D eigenvalue weighted by Crippen LogP contribution is 2.32. The molecule has 4 aliphatic rings. The van der Waals surface area contributed by atoms with Gasteiger partial charge in [-0.15, -0.1) is 0 Å². The molecule has 0 bridgehead atoms. The van der Waals surface area contributed by atoms with Gasteiger partial charge in [-0.25, -0.2) is 0 Å². The number of ether oxygens (including phenoxy) is 2.